The Kier molecular flexibility index (Phi) is 4.75. The number of amides is 1. The van der Waals surface area contributed by atoms with Crippen LogP contribution in [0.15, 0.2) is 35.5 Å². The Bertz CT molecular complexity index is 1460. The van der Waals surface area contributed by atoms with Gasteiger partial charge in [-0.25, -0.2) is 18.4 Å². The normalized spacial score (nSPS) is 15.7. The second-order valence-electron chi connectivity index (χ2n) is 7.97. The van der Waals surface area contributed by atoms with Crippen molar-refractivity contribution in [1.29, 1.82) is 0 Å². The zero-order chi connectivity index (χ0) is 22.6. The first kappa shape index (κ1) is 20.6. The minimum absolute atomic E-state index is 0.134. The van der Waals surface area contributed by atoms with E-state index in [1.165, 1.54) is 10.5 Å². The summed E-state index contributed by atoms with van der Waals surface area (Å²) in [7, 11) is -1.90. The van der Waals surface area contributed by atoms with E-state index >= 15 is 0 Å². The number of sulfonamides is 1. The van der Waals surface area contributed by atoms with Crippen LogP contribution in [0.3, 0.4) is 0 Å². The van der Waals surface area contributed by atoms with E-state index in [1.54, 1.807) is 41.0 Å². The zero-order valence-corrected chi connectivity index (χ0v) is 18.8. The molecular formula is C21H23N7O3S. The fourth-order valence-corrected chi connectivity index (χ4v) is 5.90. The van der Waals surface area contributed by atoms with E-state index in [1.807, 2.05) is 13.8 Å². The lowest BCUT2D eigenvalue weighted by Gasteiger charge is -2.34. The fraction of sp³-hybridized carbons (Fsp3) is 0.333. The standard InChI is InChI=1S/C21H23N7O3S/c1-13-11-16(18-14(2)25-26(3)20(18)24-13)21(29)27-7-9-28(10-8-27)32(30,31)17-12-23-19-15(17)5-4-6-22-19/h4-6,11-12H,7-10H2,1-3H3,(H,22,23). The number of carbonyl (C=O) groups excluding carboxylic acids is 1. The molecule has 0 unspecified atom stereocenters. The summed E-state index contributed by atoms with van der Waals surface area (Å²) in [6.07, 6.45) is 3.09. The Hall–Kier alpha value is -3.31. The van der Waals surface area contributed by atoms with Gasteiger partial charge in [0.15, 0.2) is 5.65 Å². The van der Waals surface area contributed by atoms with Crippen molar-refractivity contribution in [2.75, 3.05) is 26.2 Å². The quantitative estimate of drug-likeness (QED) is 0.504. The SMILES string of the molecule is Cc1cc(C(=O)N2CCN(S(=O)(=O)c3c[nH]c4ncccc34)CC2)c2c(C)nn(C)c2n1. The maximum absolute atomic E-state index is 13.4. The summed E-state index contributed by atoms with van der Waals surface area (Å²) in [6, 6.07) is 5.23. The Labute approximate surface area is 184 Å². The van der Waals surface area contributed by atoms with Crippen LogP contribution in [0.1, 0.15) is 21.7 Å². The molecule has 10 nitrogen and oxygen atoms in total. The Morgan fingerprint density at radius 3 is 2.66 bits per heavy atom. The van der Waals surface area contributed by atoms with E-state index in [0.717, 1.165) is 16.8 Å². The molecule has 4 aromatic heterocycles. The molecule has 166 valence electrons. The van der Waals surface area contributed by atoms with Crippen molar-refractivity contribution in [3.8, 4) is 0 Å². The molecule has 0 spiro atoms. The number of aromatic amines is 1. The lowest BCUT2D eigenvalue weighted by Crippen LogP contribution is -2.50. The molecule has 0 aromatic carbocycles. The van der Waals surface area contributed by atoms with Crippen molar-refractivity contribution < 1.29 is 13.2 Å². The smallest absolute Gasteiger partial charge is 0.254 e. The van der Waals surface area contributed by atoms with Crippen molar-refractivity contribution in [2.45, 2.75) is 18.7 Å². The summed E-state index contributed by atoms with van der Waals surface area (Å²) in [6.45, 7) is 4.76. The molecule has 5 rings (SSSR count). The molecule has 32 heavy (non-hydrogen) atoms. The monoisotopic (exact) mass is 453 g/mol. The van der Waals surface area contributed by atoms with Gasteiger partial charge in [-0.05, 0) is 32.0 Å². The molecular weight excluding hydrogens is 430 g/mol. The summed E-state index contributed by atoms with van der Waals surface area (Å²) in [5, 5.41) is 5.71. The molecule has 5 heterocycles. The predicted molar refractivity (Wildman–Crippen MR) is 119 cm³/mol. The number of nitrogens with zero attached hydrogens (tertiary/aromatic N) is 6. The van der Waals surface area contributed by atoms with Crippen LogP contribution >= 0.6 is 0 Å². The van der Waals surface area contributed by atoms with Crippen LogP contribution < -0.4 is 0 Å². The molecule has 0 atom stereocenters. The van der Waals surface area contributed by atoms with Crippen LogP contribution in [0.4, 0.5) is 0 Å². The molecule has 0 aliphatic carbocycles. The second-order valence-corrected chi connectivity index (χ2v) is 9.87. The summed E-state index contributed by atoms with van der Waals surface area (Å²) < 4.78 is 29.6. The predicted octanol–water partition coefficient (Wildman–Crippen LogP) is 1.61. The number of aryl methyl sites for hydroxylation is 3. The summed E-state index contributed by atoms with van der Waals surface area (Å²) >= 11 is 0. The lowest BCUT2D eigenvalue weighted by molar-refractivity contribution is 0.0699. The number of pyridine rings is 2. The van der Waals surface area contributed by atoms with E-state index < -0.39 is 10.0 Å². The topological polar surface area (TPSA) is 117 Å². The average molecular weight is 454 g/mol. The van der Waals surface area contributed by atoms with E-state index in [-0.39, 0.29) is 23.9 Å². The van der Waals surface area contributed by atoms with E-state index in [4.69, 9.17) is 0 Å². The summed E-state index contributed by atoms with van der Waals surface area (Å²) in [5.74, 6) is -0.134. The van der Waals surface area contributed by atoms with Crippen molar-refractivity contribution in [3.63, 3.8) is 0 Å². The van der Waals surface area contributed by atoms with Crippen LogP contribution in [0.2, 0.25) is 0 Å². The Morgan fingerprint density at radius 1 is 1.16 bits per heavy atom. The largest absolute Gasteiger partial charge is 0.345 e. The van der Waals surface area contributed by atoms with Gasteiger partial charge >= 0.3 is 0 Å². The van der Waals surface area contributed by atoms with Gasteiger partial charge in [0.1, 0.15) is 10.5 Å². The molecule has 0 saturated carbocycles. The molecule has 4 aromatic rings. The maximum Gasteiger partial charge on any atom is 0.254 e. The fourth-order valence-electron chi connectivity index (χ4n) is 4.32. The molecule has 0 bridgehead atoms. The number of hydrogen-bond acceptors (Lipinski definition) is 6. The molecule has 0 radical (unpaired) electrons. The molecule has 11 heteroatoms. The molecule has 1 saturated heterocycles. The number of nitrogens with one attached hydrogen (secondary N) is 1. The van der Waals surface area contributed by atoms with Crippen molar-refractivity contribution in [2.24, 2.45) is 7.05 Å². The molecule has 1 fully saturated rings. The number of piperazine rings is 1. The van der Waals surface area contributed by atoms with Crippen molar-refractivity contribution in [3.05, 3.63) is 47.5 Å². The van der Waals surface area contributed by atoms with Gasteiger partial charge in [0.2, 0.25) is 10.0 Å². The Morgan fingerprint density at radius 2 is 1.91 bits per heavy atom. The van der Waals surface area contributed by atoms with Gasteiger partial charge in [-0.2, -0.15) is 9.40 Å². The zero-order valence-electron chi connectivity index (χ0n) is 18.0. The van der Waals surface area contributed by atoms with Crippen LogP contribution in [0, 0.1) is 13.8 Å². The highest BCUT2D eigenvalue weighted by Gasteiger charge is 2.33. The van der Waals surface area contributed by atoms with Crippen molar-refractivity contribution >= 4 is 38.0 Å². The molecule has 1 aliphatic rings. The van der Waals surface area contributed by atoms with E-state index in [0.29, 0.717) is 35.3 Å². The highest BCUT2D eigenvalue weighted by atomic mass is 32.2. The maximum atomic E-state index is 13.4. The molecule has 1 N–H and O–H groups in total. The van der Waals surface area contributed by atoms with Gasteiger partial charge in [-0.15, -0.1) is 0 Å². The van der Waals surface area contributed by atoms with E-state index in [9.17, 15) is 13.2 Å². The number of H-pyrrole nitrogens is 1. The number of rotatable bonds is 3. The minimum Gasteiger partial charge on any atom is -0.345 e. The first-order chi connectivity index (χ1) is 15.3. The highest BCUT2D eigenvalue weighted by Crippen LogP contribution is 2.27. The van der Waals surface area contributed by atoms with Gasteiger partial charge in [0, 0.05) is 56.7 Å². The highest BCUT2D eigenvalue weighted by molar-refractivity contribution is 7.89. The summed E-state index contributed by atoms with van der Waals surface area (Å²) in [5.41, 5.74) is 3.23. The Balaban J connectivity index is 1.39. The van der Waals surface area contributed by atoms with Gasteiger partial charge < -0.3 is 9.88 Å². The van der Waals surface area contributed by atoms with Gasteiger partial charge in [0.25, 0.3) is 5.91 Å². The first-order valence-electron chi connectivity index (χ1n) is 10.3. The minimum atomic E-state index is -3.70. The molecule has 1 amide bonds. The molecule has 1 aliphatic heterocycles. The number of carbonyl (C=O) groups is 1. The second kappa shape index (κ2) is 7.38. The third-order valence-electron chi connectivity index (χ3n) is 5.88. The third kappa shape index (κ3) is 3.16. The number of hydrogen-bond donors (Lipinski definition) is 1. The van der Waals surface area contributed by atoms with Crippen LogP contribution in [0.5, 0.6) is 0 Å². The van der Waals surface area contributed by atoms with Crippen LogP contribution in [-0.2, 0) is 17.1 Å². The van der Waals surface area contributed by atoms with E-state index in [2.05, 4.69) is 20.1 Å². The van der Waals surface area contributed by atoms with Gasteiger partial charge in [-0.3, -0.25) is 9.48 Å². The summed E-state index contributed by atoms with van der Waals surface area (Å²) in [4.78, 5) is 26.9. The van der Waals surface area contributed by atoms with Crippen LogP contribution in [0.25, 0.3) is 22.1 Å². The van der Waals surface area contributed by atoms with Gasteiger partial charge in [0.05, 0.1) is 16.6 Å². The van der Waals surface area contributed by atoms with Gasteiger partial charge in [-0.1, -0.05) is 0 Å². The lowest BCUT2D eigenvalue weighted by atomic mass is 10.1. The first-order valence-corrected chi connectivity index (χ1v) is 11.7. The van der Waals surface area contributed by atoms with Crippen LogP contribution in [-0.4, -0.2) is 74.4 Å². The third-order valence-corrected chi connectivity index (χ3v) is 7.82. The van der Waals surface area contributed by atoms with Crippen molar-refractivity contribution in [1.82, 2.24) is 33.9 Å². The average Bonchev–Trinajstić information content (AvgIpc) is 3.34. The number of fused-ring (bicyclic) bond motifs is 2. The number of aromatic nitrogens is 5.